The maximum absolute atomic E-state index is 13.9. The number of nitrogens with zero attached hydrogens (tertiary/aromatic N) is 4. The van der Waals surface area contributed by atoms with Crippen LogP contribution < -0.4 is 5.73 Å². The molecule has 3 unspecified atom stereocenters. The van der Waals surface area contributed by atoms with Crippen LogP contribution in [0.15, 0.2) is 48.8 Å². The van der Waals surface area contributed by atoms with Crippen molar-refractivity contribution < 1.29 is 29.0 Å². The molecule has 5 atom stereocenters. The SMILES string of the molecule is COC(=O)C12CN(C(CCCCN)C(=O)O)CC(C(=O)OC)(C1)[C@@H](c1ccccn1)N(C)[C@H]2c1ccccn1. The molecule has 2 aromatic heterocycles. The van der Waals surface area contributed by atoms with Crippen molar-refractivity contribution in [1.29, 1.82) is 0 Å². The predicted molar refractivity (Wildman–Crippen MR) is 141 cm³/mol. The average Bonchev–Trinajstić information content (AvgIpc) is 2.95. The quantitative estimate of drug-likeness (QED) is 0.336. The van der Waals surface area contributed by atoms with E-state index < -0.39 is 46.9 Å². The summed E-state index contributed by atoms with van der Waals surface area (Å²) in [4.78, 5) is 53.3. The molecule has 210 valence electrons. The van der Waals surface area contributed by atoms with Crippen molar-refractivity contribution in [1.82, 2.24) is 19.8 Å². The Balaban J connectivity index is 1.98. The summed E-state index contributed by atoms with van der Waals surface area (Å²) in [6, 6.07) is 8.70. The van der Waals surface area contributed by atoms with Gasteiger partial charge in [0.2, 0.25) is 0 Å². The number of fused-ring (bicyclic) bond motifs is 2. The Morgan fingerprint density at radius 3 is 1.87 bits per heavy atom. The zero-order chi connectivity index (χ0) is 28.2. The standard InChI is InChI=1S/C28H37N5O6/c1-32-22(19-10-5-8-14-30-19)27(25(36)38-2)16-28(26(37)39-3,23(32)20-11-6-9-15-31-20)18-33(17-27)21(24(34)35)12-4-7-13-29/h5-6,8-11,14-15,21-23H,4,7,12-13,16-18,29H2,1-3H3,(H,34,35)/t21?,22-,23+,27?,28?. The second kappa shape index (κ2) is 11.8. The highest BCUT2D eigenvalue weighted by Gasteiger charge is 2.69. The minimum absolute atomic E-state index is 0.0680. The molecule has 11 heteroatoms. The normalized spacial score (nSPS) is 27.9. The third-order valence-corrected chi connectivity index (χ3v) is 8.24. The fraction of sp³-hybridized carbons (Fsp3) is 0.536. The van der Waals surface area contributed by atoms with Crippen molar-refractivity contribution >= 4 is 17.9 Å². The van der Waals surface area contributed by atoms with Gasteiger partial charge in [-0.05, 0) is 57.1 Å². The Morgan fingerprint density at radius 1 is 0.974 bits per heavy atom. The molecule has 2 aliphatic heterocycles. The largest absolute Gasteiger partial charge is 0.480 e. The lowest BCUT2D eigenvalue weighted by atomic mass is 9.55. The second-order valence-electron chi connectivity index (χ2n) is 10.5. The van der Waals surface area contributed by atoms with Crippen LogP contribution in [0.3, 0.4) is 0 Å². The molecule has 0 radical (unpaired) electrons. The summed E-state index contributed by atoms with van der Waals surface area (Å²) in [6.45, 7) is 0.579. The molecule has 2 bridgehead atoms. The van der Waals surface area contributed by atoms with Crippen LogP contribution in [0.4, 0.5) is 0 Å². The van der Waals surface area contributed by atoms with Crippen molar-refractivity contribution in [3.05, 3.63) is 60.2 Å². The van der Waals surface area contributed by atoms with E-state index in [2.05, 4.69) is 9.97 Å². The molecule has 11 nitrogen and oxygen atoms in total. The Morgan fingerprint density at radius 2 is 1.49 bits per heavy atom. The number of hydrogen-bond acceptors (Lipinski definition) is 10. The topological polar surface area (TPSA) is 148 Å². The fourth-order valence-corrected chi connectivity index (χ4v) is 6.88. The summed E-state index contributed by atoms with van der Waals surface area (Å²) in [5, 5.41) is 10.3. The number of aromatic nitrogens is 2. The first-order chi connectivity index (χ1) is 18.8. The molecule has 2 saturated heterocycles. The number of pyridine rings is 2. The summed E-state index contributed by atoms with van der Waals surface area (Å²) >= 11 is 0. The van der Waals surface area contributed by atoms with Crippen LogP contribution in [-0.4, -0.2) is 89.7 Å². The number of carboxylic acid groups (broad SMARTS) is 1. The van der Waals surface area contributed by atoms with E-state index in [1.54, 1.807) is 29.4 Å². The maximum atomic E-state index is 13.9. The first kappa shape index (κ1) is 28.6. The monoisotopic (exact) mass is 539 g/mol. The second-order valence-corrected chi connectivity index (χ2v) is 10.5. The Hall–Kier alpha value is -3.41. The van der Waals surface area contributed by atoms with Gasteiger partial charge in [0.05, 0.1) is 37.7 Å². The lowest BCUT2D eigenvalue weighted by molar-refractivity contribution is -0.211. The Kier molecular flexibility index (Phi) is 8.63. The fourth-order valence-electron chi connectivity index (χ4n) is 6.88. The van der Waals surface area contributed by atoms with E-state index in [9.17, 15) is 19.5 Å². The number of ether oxygens (including phenoxy) is 2. The number of carbonyl (C=O) groups excluding carboxylic acids is 2. The van der Waals surface area contributed by atoms with Crippen molar-refractivity contribution in [2.45, 2.75) is 43.8 Å². The van der Waals surface area contributed by atoms with Crippen LogP contribution in [0.1, 0.15) is 49.2 Å². The number of esters is 2. The highest BCUT2D eigenvalue weighted by atomic mass is 16.5. The molecule has 2 aliphatic rings. The molecule has 0 aliphatic carbocycles. The molecule has 0 amide bonds. The van der Waals surface area contributed by atoms with Gasteiger partial charge in [0.15, 0.2) is 0 Å². The summed E-state index contributed by atoms with van der Waals surface area (Å²) < 4.78 is 10.8. The van der Waals surface area contributed by atoms with Gasteiger partial charge in [-0.1, -0.05) is 18.6 Å². The molecule has 3 N–H and O–H groups in total. The van der Waals surface area contributed by atoms with Gasteiger partial charge in [0, 0.05) is 25.5 Å². The summed E-state index contributed by atoms with van der Waals surface area (Å²) in [5.41, 5.74) is 4.26. The van der Waals surface area contributed by atoms with Crippen LogP contribution in [-0.2, 0) is 23.9 Å². The van der Waals surface area contributed by atoms with Gasteiger partial charge in [-0.2, -0.15) is 0 Å². The third kappa shape index (κ3) is 5.02. The molecule has 2 fully saturated rings. The van der Waals surface area contributed by atoms with Gasteiger partial charge >= 0.3 is 17.9 Å². The molecular weight excluding hydrogens is 502 g/mol. The minimum Gasteiger partial charge on any atom is -0.480 e. The first-order valence-electron chi connectivity index (χ1n) is 13.1. The third-order valence-electron chi connectivity index (χ3n) is 8.24. The van der Waals surface area contributed by atoms with Gasteiger partial charge in [0.1, 0.15) is 16.9 Å². The first-order valence-corrected chi connectivity index (χ1v) is 13.1. The highest BCUT2D eigenvalue weighted by molar-refractivity contribution is 5.85. The molecule has 0 spiro atoms. The van der Waals surface area contributed by atoms with Crippen LogP contribution in [0.2, 0.25) is 0 Å². The number of nitrogens with two attached hydrogens (primary N) is 1. The summed E-state index contributed by atoms with van der Waals surface area (Å²) in [6.07, 6.45) is 4.96. The van der Waals surface area contributed by atoms with Crippen molar-refractivity contribution in [2.24, 2.45) is 16.6 Å². The number of methoxy groups -OCH3 is 2. The molecule has 4 heterocycles. The van der Waals surface area contributed by atoms with Crippen LogP contribution in [0.25, 0.3) is 0 Å². The number of carbonyl (C=O) groups is 3. The summed E-state index contributed by atoms with van der Waals surface area (Å²) in [7, 11) is 4.47. The number of unbranched alkanes of at least 4 members (excludes halogenated alkanes) is 1. The number of likely N-dealkylation sites (tertiary alicyclic amines) is 2. The maximum Gasteiger partial charge on any atom is 0.320 e. The highest BCUT2D eigenvalue weighted by Crippen LogP contribution is 2.62. The van der Waals surface area contributed by atoms with Crippen molar-refractivity contribution in [3.8, 4) is 0 Å². The molecule has 39 heavy (non-hydrogen) atoms. The number of piperidine rings is 2. The van der Waals surface area contributed by atoms with E-state index in [1.807, 2.05) is 36.2 Å². The van der Waals surface area contributed by atoms with Crippen LogP contribution in [0, 0.1) is 10.8 Å². The number of hydrogen-bond donors (Lipinski definition) is 2. The zero-order valence-electron chi connectivity index (χ0n) is 22.7. The van der Waals surface area contributed by atoms with Crippen LogP contribution >= 0.6 is 0 Å². The van der Waals surface area contributed by atoms with E-state index in [1.165, 1.54) is 14.2 Å². The van der Waals surface area contributed by atoms with Crippen LogP contribution in [0.5, 0.6) is 0 Å². The van der Waals surface area contributed by atoms with Gasteiger partial charge in [-0.25, -0.2) is 0 Å². The van der Waals surface area contributed by atoms with Crippen molar-refractivity contribution in [3.63, 3.8) is 0 Å². The van der Waals surface area contributed by atoms with E-state index >= 15 is 0 Å². The zero-order valence-corrected chi connectivity index (χ0v) is 22.7. The number of carboxylic acids is 1. The molecular formula is C28H37N5O6. The Labute approximate surface area is 228 Å². The van der Waals surface area contributed by atoms with Gasteiger partial charge in [-0.3, -0.25) is 34.2 Å². The van der Waals surface area contributed by atoms with E-state index in [-0.39, 0.29) is 19.5 Å². The van der Waals surface area contributed by atoms with Gasteiger partial charge < -0.3 is 20.3 Å². The number of aliphatic carboxylic acids is 1. The van der Waals surface area contributed by atoms with Gasteiger partial charge in [0.25, 0.3) is 0 Å². The molecule has 4 rings (SSSR count). The van der Waals surface area contributed by atoms with E-state index in [0.717, 1.165) is 0 Å². The molecule has 2 aromatic rings. The van der Waals surface area contributed by atoms with Crippen molar-refractivity contribution in [2.75, 3.05) is 40.9 Å². The predicted octanol–water partition coefficient (Wildman–Crippen LogP) is 1.81. The molecule has 0 aromatic carbocycles. The minimum atomic E-state index is -1.32. The van der Waals surface area contributed by atoms with E-state index in [0.29, 0.717) is 37.2 Å². The lowest BCUT2D eigenvalue weighted by Gasteiger charge is -2.62. The molecule has 0 saturated carbocycles. The number of rotatable bonds is 10. The Bertz CT molecular complexity index is 1090. The van der Waals surface area contributed by atoms with E-state index in [4.69, 9.17) is 15.2 Å². The lowest BCUT2D eigenvalue weighted by Crippen LogP contribution is -2.71. The average molecular weight is 540 g/mol. The van der Waals surface area contributed by atoms with Gasteiger partial charge in [-0.15, -0.1) is 0 Å². The summed E-state index contributed by atoms with van der Waals surface area (Å²) in [5.74, 6) is -2.09. The smallest absolute Gasteiger partial charge is 0.320 e.